The molecule has 1 amide bonds. The Morgan fingerprint density at radius 3 is 2.45 bits per heavy atom. The quantitative estimate of drug-likeness (QED) is 0.0534. The second kappa shape index (κ2) is 13.8. The molecule has 0 saturated heterocycles. The topological polar surface area (TPSA) is 188 Å². The number of benzene rings is 2. The zero-order valence-electron chi connectivity index (χ0n) is 30.2. The predicted molar refractivity (Wildman–Crippen MR) is 200 cm³/mol. The summed E-state index contributed by atoms with van der Waals surface area (Å²) in [4.78, 5) is 18.5. The Bertz CT molecular complexity index is 2470. The van der Waals surface area contributed by atoms with Crippen molar-refractivity contribution in [1.82, 2.24) is 25.4 Å². The van der Waals surface area contributed by atoms with Crippen LogP contribution in [-0.2, 0) is 28.3 Å². The van der Waals surface area contributed by atoms with Crippen LogP contribution in [-0.4, -0.2) is 64.4 Å². The number of rotatable bonds is 11. The molecule has 2 aliphatic carbocycles. The first-order chi connectivity index (χ1) is 25.5. The lowest BCUT2D eigenvalue weighted by molar-refractivity contribution is -0.121. The molecule has 12 nitrogen and oxygen atoms in total. The largest absolute Gasteiger partial charge is 0.384 e. The van der Waals surface area contributed by atoms with Gasteiger partial charge in [0.15, 0.2) is 5.82 Å². The van der Waals surface area contributed by atoms with E-state index in [1.54, 1.807) is 26.1 Å². The van der Waals surface area contributed by atoms with Crippen LogP contribution in [0.15, 0.2) is 53.7 Å². The van der Waals surface area contributed by atoms with E-state index in [1.165, 1.54) is 30.7 Å². The molecule has 1 saturated carbocycles. The number of allylic oxidation sites excluding steroid dienone is 1. The van der Waals surface area contributed by atoms with Gasteiger partial charge in [-0.1, -0.05) is 30.5 Å². The number of aliphatic hydroxyl groups is 1. The van der Waals surface area contributed by atoms with Crippen LogP contribution < -0.4 is 21.1 Å². The zero-order valence-corrected chi connectivity index (χ0v) is 31.8. The molecule has 2 heterocycles. The first-order valence-corrected chi connectivity index (χ1v) is 19.1. The second-order valence-electron chi connectivity index (χ2n) is 14.5. The Kier molecular flexibility index (Phi) is 9.94. The van der Waals surface area contributed by atoms with E-state index < -0.39 is 74.5 Å². The summed E-state index contributed by atoms with van der Waals surface area (Å²) in [6.07, 6.45) is 0.829. The average Bonchev–Trinajstić information content (AvgIpc) is 3.60. The Balaban J connectivity index is 1.49. The summed E-state index contributed by atoms with van der Waals surface area (Å²) in [6.45, 7) is 3.81. The molecule has 7 N–H and O–H groups in total. The van der Waals surface area contributed by atoms with Crippen LogP contribution >= 0.6 is 11.6 Å². The van der Waals surface area contributed by atoms with Crippen LogP contribution in [0.4, 0.5) is 23.4 Å². The minimum atomic E-state index is -3.80. The van der Waals surface area contributed by atoms with Gasteiger partial charge < -0.3 is 21.5 Å². The number of nitrogens with zero attached hydrogens (tertiary/aromatic N) is 3. The molecule has 290 valence electrons. The van der Waals surface area contributed by atoms with Gasteiger partial charge in [0.25, 0.3) is 5.92 Å². The van der Waals surface area contributed by atoms with E-state index in [4.69, 9.17) is 27.7 Å². The molecule has 18 heteroatoms. The van der Waals surface area contributed by atoms with E-state index >= 15 is 8.78 Å². The molecule has 2 aliphatic rings. The van der Waals surface area contributed by atoms with Crippen molar-refractivity contribution in [1.29, 1.82) is 5.41 Å². The molecule has 0 aliphatic heterocycles. The van der Waals surface area contributed by atoms with Crippen molar-refractivity contribution in [3.8, 4) is 23.0 Å². The van der Waals surface area contributed by atoms with E-state index in [-0.39, 0.29) is 51.6 Å². The molecule has 6 rings (SSSR count). The fourth-order valence-corrected chi connectivity index (χ4v) is 7.87. The van der Waals surface area contributed by atoms with Crippen LogP contribution in [0.5, 0.6) is 0 Å². The number of aryl methyl sites for hydroxylation is 1. The van der Waals surface area contributed by atoms with Gasteiger partial charge in [-0.15, -0.1) is 0 Å². The van der Waals surface area contributed by atoms with Crippen molar-refractivity contribution in [3.63, 3.8) is 0 Å². The van der Waals surface area contributed by atoms with E-state index in [2.05, 4.69) is 32.3 Å². The number of amidine groups is 1. The average molecular weight is 801 g/mol. The lowest BCUT2D eigenvalue weighted by Gasteiger charge is -2.24. The van der Waals surface area contributed by atoms with E-state index in [0.717, 1.165) is 18.4 Å². The van der Waals surface area contributed by atoms with Crippen LogP contribution in [0, 0.1) is 40.2 Å². The minimum absolute atomic E-state index is 0.0585. The standard InChI is InChI=1S/C37H37ClF4N8O4S/c1-35(2,52)11-10-21-6-7-22(23-8-9-24(38)28-31(23)50(4)48-34(28)49-55(5,53)54)30(46-21)25(14-18-12-19(39)15-20(40)13-18)47-27(51)17-45-32-29(33(43)44)36(3)16-26(36)37(32,41)42/h6-9,12-13,15,25-26,45,52H,14,16-17H2,1-5H3,(H3,43,44)(H,47,51)(H,48,49)/t25-,26+,36-/m0/s1. The van der Waals surface area contributed by atoms with Crippen molar-refractivity contribution in [2.45, 2.75) is 51.2 Å². The number of anilines is 1. The van der Waals surface area contributed by atoms with Crippen molar-refractivity contribution in [3.05, 3.63) is 87.3 Å². The monoisotopic (exact) mass is 800 g/mol. The second-order valence-corrected chi connectivity index (χ2v) is 16.7. The van der Waals surface area contributed by atoms with Gasteiger partial charge in [-0.25, -0.2) is 22.2 Å². The van der Waals surface area contributed by atoms with Gasteiger partial charge in [-0.3, -0.25) is 19.6 Å². The summed E-state index contributed by atoms with van der Waals surface area (Å²) in [5.74, 6) is -2.18. The van der Waals surface area contributed by atoms with Gasteiger partial charge in [-0.05, 0) is 68.5 Å². The lowest BCUT2D eigenvalue weighted by Crippen LogP contribution is -2.41. The number of nitrogens with one attached hydrogen (secondary N) is 4. The molecule has 55 heavy (non-hydrogen) atoms. The van der Waals surface area contributed by atoms with Gasteiger partial charge in [0, 0.05) is 41.1 Å². The zero-order chi connectivity index (χ0) is 40.4. The number of sulfonamides is 1. The summed E-state index contributed by atoms with van der Waals surface area (Å²) in [7, 11) is -2.24. The van der Waals surface area contributed by atoms with E-state index in [9.17, 15) is 27.1 Å². The fraction of sp³-hybridized carbons (Fsp3) is 0.351. The third-order valence-corrected chi connectivity index (χ3v) is 10.4. The summed E-state index contributed by atoms with van der Waals surface area (Å²) in [5, 5.41) is 28.3. The van der Waals surface area contributed by atoms with Gasteiger partial charge in [0.1, 0.15) is 28.8 Å². The molecular formula is C37H37ClF4N8O4S. The molecule has 0 unspecified atom stereocenters. The number of alkyl halides is 2. The highest BCUT2D eigenvalue weighted by Crippen LogP contribution is 2.70. The summed E-state index contributed by atoms with van der Waals surface area (Å²) in [5.41, 5.74) is 4.04. The highest BCUT2D eigenvalue weighted by Gasteiger charge is 2.73. The van der Waals surface area contributed by atoms with Gasteiger partial charge in [0.2, 0.25) is 15.9 Å². The summed E-state index contributed by atoms with van der Waals surface area (Å²) >= 11 is 6.58. The minimum Gasteiger partial charge on any atom is -0.384 e. The Hall–Kier alpha value is -5.18. The van der Waals surface area contributed by atoms with Crippen molar-refractivity contribution >= 4 is 50.1 Å². The molecule has 3 atom stereocenters. The number of fused-ring (bicyclic) bond motifs is 2. The number of hydrogen-bond donors (Lipinski definition) is 6. The van der Waals surface area contributed by atoms with Crippen LogP contribution in [0.1, 0.15) is 50.2 Å². The molecule has 4 aromatic rings. The van der Waals surface area contributed by atoms with Gasteiger partial charge in [-0.2, -0.15) is 13.9 Å². The molecule has 0 spiro atoms. The lowest BCUT2D eigenvalue weighted by atomic mass is 9.93. The molecule has 0 radical (unpaired) electrons. The maximum absolute atomic E-state index is 15.4. The molecule has 2 aromatic carbocycles. The third-order valence-electron chi connectivity index (χ3n) is 9.48. The molecule has 2 aromatic heterocycles. The smallest absolute Gasteiger partial charge is 0.291 e. The van der Waals surface area contributed by atoms with Crippen LogP contribution in [0.2, 0.25) is 5.02 Å². The van der Waals surface area contributed by atoms with Gasteiger partial charge in [0.05, 0.1) is 46.2 Å². The number of amides is 1. The number of nitrogens with two attached hydrogens (primary N) is 1. The molecule has 1 fully saturated rings. The van der Waals surface area contributed by atoms with E-state index in [1.807, 2.05) is 0 Å². The highest BCUT2D eigenvalue weighted by molar-refractivity contribution is 7.92. The van der Waals surface area contributed by atoms with E-state index in [0.29, 0.717) is 22.7 Å². The first kappa shape index (κ1) is 39.5. The highest BCUT2D eigenvalue weighted by atomic mass is 35.5. The molecular weight excluding hydrogens is 764 g/mol. The fourth-order valence-electron chi connectivity index (χ4n) is 7.14. The number of pyridine rings is 1. The van der Waals surface area contributed by atoms with Gasteiger partial charge >= 0.3 is 0 Å². The first-order valence-electron chi connectivity index (χ1n) is 16.8. The number of carbonyl (C=O) groups is 1. The maximum Gasteiger partial charge on any atom is 0.291 e. The maximum atomic E-state index is 15.4. The number of halogens is 5. The van der Waals surface area contributed by atoms with Crippen molar-refractivity contribution in [2.75, 3.05) is 17.5 Å². The summed E-state index contributed by atoms with van der Waals surface area (Å²) < 4.78 is 88.0. The number of hydrogen-bond acceptors (Lipinski definition) is 8. The van der Waals surface area contributed by atoms with Crippen molar-refractivity contribution < 1.29 is 35.9 Å². The Labute approximate surface area is 319 Å². The van der Waals surface area contributed by atoms with Crippen molar-refractivity contribution in [2.24, 2.45) is 24.1 Å². The SMILES string of the molecule is Cn1nc(NS(C)(=O)=O)c2c(Cl)ccc(-c3ccc(C#CC(C)(C)O)nc3[C@H](Cc3cc(F)cc(F)c3)NC(=O)CNC3=C(C(=N)N)[C@@]4(C)C[C@H]4C3(F)F)c21. The Morgan fingerprint density at radius 2 is 1.84 bits per heavy atom. The predicted octanol–water partition coefficient (Wildman–Crippen LogP) is 4.92. The van der Waals surface area contributed by atoms with Crippen LogP contribution in [0.3, 0.4) is 0 Å². The molecule has 0 bridgehead atoms. The summed E-state index contributed by atoms with van der Waals surface area (Å²) in [6, 6.07) is 7.87. The number of aromatic nitrogens is 3. The Morgan fingerprint density at radius 1 is 1.18 bits per heavy atom. The third kappa shape index (κ3) is 7.98. The number of carbonyl (C=O) groups excluding carboxylic acids is 1. The van der Waals surface area contributed by atoms with Crippen LogP contribution in [0.25, 0.3) is 22.0 Å². The normalized spacial score (nSPS) is 19.4.